The monoisotopic (exact) mass is 346 g/mol. The lowest BCUT2D eigenvalue weighted by atomic mass is 10.2. The summed E-state index contributed by atoms with van der Waals surface area (Å²) in [4.78, 5) is 23.3. The van der Waals surface area contributed by atoms with Crippen molar-refractivity contribution in [3.63, 3.8) is 0 Å². The van der Waals surface area contributed by atoms with Gasteiger partial charge in [-0.3, -0.25) is 4.79 Å². The van der Waals surface area contributed by atoms with Crippen molar-refractivity contribution in [1.29, 1.82) is 0 Å². The first-order valence-electron chi connectivity index (χ1n) is 4.67. The van der Waals surface area contributed by atoms with Gasteiger partial charge in [0.2, 0.25) is 5.28 Å². The van der Waals surface area contributed by atoms with Gasteiger partial charge in [-0.25, -0.2) is 15.0 Å². The van der Waals surface area contributed by atoms with Crippen molar-refractivity contribution in [3.8, 4) is 0 Å². The smallest absolute Gasteiger partial charge is 0.256 e. The lowest BCUT2D eigenvalue weighted by Crippen LogP contribution is -2.13. The van der Waals surface area contributed by atoms with E-state index in [-0.39, 0.29) is 22.2 Å². The Kier molecular flexibility index (Phi) is 4.11. The molecule has 0 unspecified atom stereocenters. The summed E-state index contributed by atoms with van der Waals surface area (Å²) >= 11 is 14.5. The highest BCUT2D eigenvalue weighted by Crippen LogP contribution is 2.16. The summed E-state index contributed by atoms with van der Waals surface area (Å²) in [5.74, 6) is -0.109. The predicted molar refractivity (Wildman–Crippen MR) is 71.9 cm³/mol. The Morgan fingerprint density at radius 2 is 2.06 bits per heavy atom. The van der Waals surface area contributed by atoms with Crippen LogP contribution in [0.1, 0.15) is 10.4 Å². The van der Waals surface area contributed by atoms with Crippen molar-refractivity contribution in [2.45, 2.75) is 0 Å². The van der Waals surface area contributed by atoms with E-state index in [1.807, 2.05) is 0 Å². The van der Waals surface area contributed by atoms with Gasteiger partial charge < -0.3 is 5.32 Å². The second-order valence-corrected chi connectivity index (χ2v) is 4.70. The molecule has 0 saturated heterocycles. The van der Waals surface area contributed by atoms with Gasteiger partial charge in [-0.15, -0.1) is 0 Å². The molecule has 18 heavy (non-hydrogen) atoms. The minimum atomic E-state index is -0.344. The average Bonchev–Trinajstić information content (AvgIpc) is 2.27. The number of nitrogens with zero attached hydrogens (tertiary/aromatic N) is 3. The van der Waals surface area contributed by atoms with Crippen LogP contribution in [-0.2, 0) is 0 Å². The van der Waals surface area contributed by atoms with Crippen molar-refractivity contribution in [2.24, 2.45) is 0 Å². The molecule has 1 N–H and O–H groups in total. The van der Waals surface area contributed by atoms with Crippen molar-refractivity contribution in [3.05, 3.63) is 45.0 Å². The highest BCUT2D eigenvalue weighted by molar-refractivity contribution is 9.10. The van der Waals surface area contributed by atoms with E-state index in [9.17, 15) is 4.79 Å². The van der Waals surface area contributed by atoms with Gasteiger partial charge >= 0.3 is 0 Å². The van der Waals surface area contributed by atoms with Gasteiger partial charge in [-0.2, -0.15) is 0 Å². The summed E-state index contributed by atoms with van der Waals surface area (Å²) in [7, 11) is 0. The van der Waals surface area contributed by atoms with E-state index in [1.54, 1.807) is 12.1 Å². The first-order chi connectivity index (χ1) is 8.54. The average molecular weight is 348 g/mol. The highest BCUT2D eigenvalue weighted by atomic mass is 79.9. The van der Waals surface area contributed by atoms with E-state index in [0.717, 1.165) is 0 Å². The van der Waals surface area contributed by atoms with Crippen molar-refractivity contribution < 1.29 is 4.79 Å². The third-order valence-electron chi connectivity index (χ3n) is 1.90. The van der Waals surface area contributed by atoms with Crippen LogP contribution in [0.5, 0.6) is 0 Å². The van der Waals surface area contributed by atoms with E-state index in [4.69, 9.17) is 23.2 Å². The molecule has 5 nitrogen and oxygen atoms in total. The molecule has 0 aliphatic heterocycles. The standard InChI is InChI=1S/C10H5BrCl2N4O/c11-6-3-5(1-2-14-6)9(18)16-8-4-7(12)15-10(13)17-8/h1-4H,(H,15,16,17,18). The van der Waals surface area contributed by atoms with Gasteiger partial charge in [0.1, 0.15) is 15.6 Å². The minimum Gasteiger partial charge on any atom is -0.306 e. The highest BCUT2D eigenvalue weighted by Gasteiger charge is 2.09. The van der Waals surface area contributed by atoms with Gasteiger partial charge in [0, 0.05) is 17.8 Å². The van der Waals surface area contributed by atoms with Crippen LogP contribution in [0.15, 0.2) is 29.0 Å². The van der Waals surface area contributed by atoms with E-state index >= 15 is 0 Å². The van der Waals surface area contributed by atoms with Crippen molar-refractivity contribution >= 4 is 50.9 Å². The first-order valence-corrected chi connectivity index (χ1v) is 6.22. The predicted octanol–water partition coefficient (Wildman–Crippen LogP) is 3.19. The molecule has 0 bridgehead atoms. The molecule has 0 aromatic carbocycles. The number of carbonyl (C=O) groups excluding carboxylic acids is 1. The SMILES string of the molecule is O=C(Nc1cc(Cl)nc(Cl)n1)c1ccnc(Br)c1. The third-order valence-corrected chi connectivity index (χ3v) is 2.69. The molecule has 2 aromatic heterocycles. The molecule has 0 aliphatic rings. The molecule has 2 aromatic rings. The van der Waals surface area contributed by atoms with Crippen LogP contribution in [-0.4, -0.2) is 20.9 Å². The van der Waals surface area contributed by atoms with E-state index < -0.39 is 0 Å². The summed E-state index contributed by atoms with van der Waals surface area (Å²) in [5.41, 5.74) is 0.433. The number of hydrogen-bond acceptors (Lipinski definition) is 4. The first kappa shape index (κ1) is 13.2. The van der Waals surface area contributed by atoms with Crippen LogP contribution in [0.4, 0.5) is 5.82 Å². The maximum absolute atomic E-state index is 11.9. The molecule has 0 fully saturated rings. The molecule has 0 radical (unpaired) electrons. The summed E-state index contributed by atoms with van der Waals surface area (Å²) in [6.07, 6.45) is 1.51. The Morgan fingerprint density at radius 1 is 1.28 bits per heavy atom. The molecule has 8 heteroatoms. The zero-order valence-electron chi connectivity index (χ0n) is 8.69. The van der Waals surface area contributed by atoms with Crippen LogP contribution in [0.2, 0.25) is 10.4 Å². The molecule has 2 rings (SSSR count). The Labute approximate surface area is 121 Å². The minimum absolute atomic E-state index is 0.0336. The van der Waals surface area contributed by atoms with Crippen molar-refractivity contribution in [1.82, 2.24) is 15.0 Å². The number of pyridine rings is 1. The number of nitrogens with one attached hydrogen (secondary N) is 1. The normalized spacial score (nSPS) is 10.2. The fraction of sp³-hybridized carbons (Fsp3) is 0. The van der Waals surface area contributed by atoms with Gasteiger partial charge in [0.15, 0.2) is 0 Å². The molecule has 0 aliphatic carbocycles. The molecular formula is C10H5BrCl2N4O. The van der Waals surface area contributed by atoms with Crippen LogP contribution < -0.4 is 5.32 Å². The third kappa shape index (κ3) is 3.38. The number of rotatable bonds is 2. The van der Waals surface area contributed by atoms with Crippen molar-refractivity contribution in [2.75, 3.05) is 5.32 Å². The Hall–Kier alpha value is -1.24. The molecule has 0 spiro atoms. The van der Waals surface area contributed by atoms with E-state index in [2.05, 4.69) is 36.2 Å². The lowest BCUT2D eigenvalue weighted by molar-refractivity contribution is 0.102. The zero-order chi connectivity index (χ0) is 13.1. The summed E-state index contributed by atoms with van der Waals surface area (Å²) in [5, 5.41) is 2.68. The summed E-state index contributed by atoms with van der Waals surface area (Å²) < 4.78 is 0.564. The van der Waals surface area contributed by atoms with E-state index in [1.165, 1.54) is 12.3 Å². The Balaban J connectivity index is 2.21. The zero-order valence-corrected chi connectivity index (χ0v) is 11.8. The fourth-order valence-corrected chi connectivity index (χ4v) is 1.96. The number of halogens is 3. The summed E-state index contributed by atoms with van der Waals surface area (Å²) in [6, 6.07) is 4.56. The maximum atomic E-state index is 11.9. The van der Waals surface area contributed by atoms with Gasteiger partial charge in [-0.1, -0.05) is 11.6 Å². The van der Waals surface area contributed by atoms with Crippen LogP contribution in [0.25, 0.3) is 0 Å². The maximum Gasteiger partial charge on any atom is 0.256 e. The van der Waals surface area contributed by atoms with Crippen LogP contribution >= 0.6 is 39.1 Å². The number of carbonyl (C=O) groups is 1. The van der Waals surface area contributed by atoms with Gasteiger partial charge in [-0.05, 0) is 39.7 Å². The summed E-state index contributed by atoms with van der Waals surface area (Å²) in [6.45, 7) is 0. The fourth-order valence-electron chi connectivity index (χ4n) is 1.19. The molecular weight excluding hydrogens is 343 g/mol. The number of hydrogen-bond donors (Lipinski definition) is 1. The van der Waals surface area contributed by atoms with Crippen LogP contribution in [0.3, 0.4) is 0 Å². The van der Waals surface area contributed by atoms with Gasteiger partial charge in [0.05, 0.1) is 0 Å². The molecule has 0 atom stereocenters. The van der Waals surface area contributed by atoms with Gasteiger partial charge in [0.25, 0.3) is 5.91 Å². The second-order valence-electron chi connectivity index (χ2n) is 3.17. The second kappa shape index (κ2) is 5.60. The molecule has 92 valence electrons. The van der Waals surface area contributed by atoms with E-state index in [0.29, 0.717) is 10.2 Å². The number of anilines is 1. The van der Waals surface area contributed by atoms with Crippen LogP contribution in [0, 0.1) is 0 Å². The number of aromatic nitrogens is 3. The quantitative estimate of drug-likeness (QED) is 0.514. The topological polar surface area (TPSA) is 67.8 Å². The Bertz CT molecular complexity index is 588. The largest absolute Gasteiger partial charge is 0.306 e. The lowest BCUT2D eigenvalue weighted by Gasteiger charge is -2.05. The number of amides is 1. The molecule has 2 heterocycles. The molecule has 0 saturated carbocycles. The Morgan fingerprint density at radius 3 is 2.72 bits per heavy atom. The molecule has 1 amide bonds.